The molecule has 13 heavy (non-hydrogen) atoms. The number of benzene rings is 1. The molecule has 0 unspecified atom stereocenters. The molecule has 0 atom stereocenters. The molecule has 0 bridgehead atoms. The highest BCUT2D eigenvalue weighted by atomic mass is 16.5. The van der Waals surface area contributed by atoms with Crippen LogP contribution in [0.3, 0.4) is 0 Å². The maximum absolute atomic E-state index is 5.30. The van der Waals surface area contributed by atoms with Crippen LogP contribution < -0.4 is 5.73 Å². The van der Waals surface area contributed by atoms with Crippen molar-refractivity contribution in [1.29, 1.82) is 0 Å². The summed E-state index contributed by atoms with van der Waals surface area (Å²) in [6, 6.07) is 7.91. The van der Waals surface area contributed by atoms with Gasteiger partial charge in [0.1, 0.15) is 0 Å². The minimum atomic E-state index is 0.390. The predicted octanol–water partition coefficient (Wildman–Crippen LogP) is 1.14. The Balaban J connectivity index is 2.90. The fraction of sp³-hybridized carbons (Fsp3) is 0.273. The molecule has 0 amide bonds. The summed E-state index contributed by atoms with van der Waals surface area (Å²) in [5.74, 6) is 5.83. The highest BCUT2D eigenvalue weighted by Crippen LogP contribution is 2.07. The SMILES string of the molecule is COCc1ccccc1C#CCN. The van der Waals surface area contributed by atoms with E-state index in [9.17, 15) is 0 Å². The minimum Gasteiger partial charge on any atom is -0.380 e. The van der Waals surface area contributed by atoms with Gasteiger partial charge in [0.2, 0.25) is 0 Å². The van der Waals surface area contributed by atoms with Gasteiger partial charge in [-0.25, -0.2) is 0 Å². The zero-order valence-corrected chi connectivity index (χ0v) is 7.71. The fourth-order valence-corrected chi connectivity index (χ4v) is 1.07. The number of nitrogens with two attached hydrogens (primary N) is 1. The Morgan fingerprint density at radius 3 is 2.85 bits per heavy atom. The molecule has 1 aromatic rings. The van der Waals surface area contributed by atoms with Crippen molar-refractivity contribution in [3.63, 3.8) is 0 Å². The summed E-state index contributed by atoms with van der Waals surface area (Å²) >= 11 is 0. The standard InChI is InChI=1S/C11H13NO/c1-13-9-11-6-3-2-5-10(11)7-4-8-12/h2-3,5-6H,8-9,12H2,1H3. The Bertz CT molecular complexity index is 322. The molecule has 0 radical (unpaired) electrons. The smallest absolute Gasteiger partial charge is 0.0725 e. The third kappa shape index (κ3) is 2.90. The van der Waals surface area contributed by atoms with Crippen molar-refractivity contribution in [2.45, 2.75) is 6.61 Å². The highest BCUT2D eigenvalue weighted by Gasteiger charge is 1.96. The van der Waals surface area contributed by atoms with E-state index in [-0.39, 0.29) is 0 Å². The van der Waals surface area contributed by atoms with E-state index in [1.54, 1.807) is 7.11 Å². The van der Waals surface area contributed by atoms with E-state index in [0.29, 0.717) is 13.2 Å². The van der Waals surface area contributed by atoms with Gasteiger partial charge >= 0.3 is 0 Å². The molecule has 2 N–H and O–H groups in total. The highest BCUT2D eigenvalue weighted by molar-refractivity contribution is 5.41. The van der Waals surface area contributed by atoms with Crippen LogP contribution in [0.5, 0.6) is 0 Å². The van der Waals surface area contributed by atoms with Crippen molar-refractivity contribution in [2.75, 3.05) is 13.7 Å². The first-order valence-electron chi connectivity index (χ1n) is 4.14. The zero-order valence-electron chi connectivity index (χ0n) is 7.71. The molecule has 0 aliphatic heterocycles. The number of ether oxygens (including phenoxy) is 1. The van der Waals surface area contributed by atoms with Crippen LogP contribution in [-0.2, 0) is 11.3 Å². The molecular formula is C11H13NO. The van der Waals surface area contributed by atoms with Crippen LogP contribution in [0, 0.1) is 11.8 Å². The molecule has 1 rings (SSSR count). The first-order chi connectivity index (χ1) is 6.38. The molecule has 0 fully saturated rings. The zero-order chi connectivity index (χ0) is 9.52. The summed E-state index contributed by atoms with van der Waals surface area (Å²) in [6.07, 6.45) is 0. The van der Waals surface area contributed by atoms with E-state index in [1.807, 2.05) is 24.3 Å². The van der Waals surface area contributed by atoms with E-state index in [0.717, 1.165) is 11.1 Å². The lowest BCUT2D eigenvalue weighted by atomic mass is 10.1. The van der Waals surface area contributed by atoms with Crippen LogP contribution in [0.2, 0.25) is 0 Å². The van der Waals surface area contributed by atoms with Gasteiger partial charge in [0.25, 0.3) is 0 Å². The van der Waals surface area contributed by atoms with Gasteiger partial charge in [0.05, 0.1) is 13.2 Å². The quantitative estimate of drug-likeness (QED) is 0.684. The molecule has 0 saturated heterocycles. The normalized spacial score (nSPS) is 9.08. The summed E-state index contributed by atoms with van der Waals surface area (Å²) in [5, 5.41) is 0. The Kier molecular flexibility index (Phi) is 4.04. The third-order valence-corrected chi connectivity index (χ3v) is 1.64. The molecule has 68 valence electrons. The second-order valence-electron chi connectivity index (χ2n) is 2.60. The average molecular weight is 175 g/mol. The lowest BCUT2D eigenvalue weighted by Gasteiger charge is -2.01. The lowest BCUT2D eigenvalue weighted by molar-refractivity contribution is 0.184. The second kappa shape index (κ2) is 5.36. The van der Waals surface area contributed by atoms with Gasteiger partial charge in [0, 0.05) is 12.7 Å². The Morgan fingerprint density at radius 2 is 2.15 bits per heavy atom. The van der Waals surface area contributed by atoms with Crippen molar-refractivity contribution in [1.82, 2.24) is 0 Å². The molecule has 2 heteroatoms. The van der Waals surface area contributed by atoms with E-state index in [2.05, 4.69) is 11.8 Å². The van der Waals surface area contributed by atoms with Gasteiger partial charge in [-0.1, -0.05) is 30.0 Å². The summed E-state index contributed by atoms with van der Waals surface area (Å²) in [7, 11) is 1.67. The monoisotopic (exact) mass is 175 g/mol. The van der Waals surface area contributed by atoms with Crippen LogP contribution in [0.4, 0.5) is 0 Å². The first-order valence-corrected chi connectivity index (χ1v) is 4.14. The second-order valence-corrected chi connectivity index (χ2v) is 2.60. The van der Waals surface area contributed by atoms with Crippen LogP contribution in [0.15, 0.2) is 24.3 Å². The summed E-state index contributed by atoms with van der Waals surface area (Å²) in [6.45, 7) is 0.983. The molecule has 0 aliphatic carbocycles. The van der Waals surface area contributed by atoms with Gasteiger partial charge in [-0.15, -0.1) is 0 Å². The Hall–Kier alpha value is -1.30. The van der Waals surface area contributed by atoms with Crippen molar-refractivity contribution in [3.05, 3.63) is 35.4 Å². The summed E-state index contributed by atoms with van der Waals surface area (Å²) in [5.41, 5.74) is 7.39. The summed E-state index contributed by atoms with van der Waals surface area (Å²) in [4.78, 5) is 0. The van der Waals surface area contributed by atoms with Gasteiger partial charge in [0.15, 0.2) is 0 Å². The minimum absolute atomic E-state index is 0.390. The lowest BCUT2D eigenvalue weighted by Crippen LogP contribution is -1.95. The Morgan fingerprint density at radius 1 is 1.38 bits per heavy atom. The molecule has 0 spiro atoms. The molecule has 1 aromatic carbocycles. The van der Waals surface area contributed by atoms with Crippen molar-refractivity contribution in [3.8, 4) is 11.8 Å². The predicted molar refractivity (Wildman–Crippen MR) is 53.1 cm³/mol. The maximum atomic E-state index is 5.30. The van der Waals surface area contributed by atoms with E-state index in [4.69, 9.17) is 10.5 Å². The maximum Gasteiger partial charge on any atom is 0.0725 e. The molecule has 0 aliphatic rings. The van der Waals surface area contributed by atoms with Crippen molar-refractivity contribution >= 4 is 0 Å². The van der Waals surface area contributed by atoms with Crippen molar-refractivity contribution in [2.24, 2.45) is 5.73 Å². The summed E-state index contributed by atoms with van der Waals surface area (Å²) < 4.78 is 5.05. The first kappa shape index (κ1) is 9.79. The molecular weight excluding hydrogens is 162 g/mol. The molecule has 0 heterocycles. The fourth-order valence-electron chi connectivity index (χ4n) is 1.07. The molecule has 2 nitrogen and oxygen atoms in total. The van der Waals surface area contributed by atoms with Crippen LogP contribution in [0.1, 0.15) is 11.1 Å². The average Bonchev–Trinajstić information content (AvgIpc) is 2.17. The number of hydrogen-bond acceptors (Lipinski definition) is 2. The van der Waals surface area contributed by atoms with Gasteiger partial charge < -0.3 is 10.5 Å². The number of hydrogen-bond donors (Lipinski definition) is 1. The van der Waals surface area contributed by atoms with Gasteiger partial charge in [-0.2, -0.15) is 0 Å². The van der Waals surface area contributed by atoms with Crippen LogP contribution in [0.25, 0.3) is 0 Å². The van der Waals surface area contributed by atoms with Gasteiger partial charge in [-0.3, -0.25) is 0 Å². The van der Waals surface area contributed by atoms with Crippen LogP contribution in [-0.4, -0.2) is 13.7 Å². The third-order valence-electron chi connectivity index (χ3n) is 1.64. The van der Waals surface area contributed by atoms with E-state index in [1.165, 1.54) is 0 Å². The topological polar surface area (TPSA) is 35.2 Å². The Labute approximate surface area is 78.7 Å². The molecule has 0 aromatic heterocycles. The molecule has 0 saturated carbocycles. The van der Waals surface area contributed by atoms with Crippen LogP contribution >= 0.6 is 0 Å². The van der Waals surface area contributed by atoms with Crippen molar-refractivity contribution < 1.29 is 4.74 Å². The number of rotatable bonds is 2. The number of methoxy groups -OCH3 is 1. The van der Waals surface area contributed by atoms with E-state index >= 15 is 0 Å². The van der Waals surface area contributed by atoms with E-state index < -0.39 is 0 Å². The largest absolute Gasteiger partial charge is 0.380 e. The van der Waals surface area contributed by atoms with Gasteiger partial charge in [-0.05, 0) is 11.6 Å².